The van der Waals surface area contributed by atoms with Crippen molar-refractivity contribution < 1.29 is 42.9 Å². The number of carbonyl (C=O) groups is 5. The molecule has 11 heteroatoms. The molecule has 2 amide bonds. The minimum absolute atomic E-state index is 0.0503. The number of alkyl carbamates (subject to hydrolysis) is 1. The zero-order valence-corrected chi connectivity index (χ0v) is 25.0. The summed E-state index contributed by atoms with van der Waals surface area (Å²) in [6, 6.07) is 6.30. The molecule has 0 saturated heterocycles. The summed E-state index contributed by atoms with van der Waals surface area (Å²) in [5.74, 6) is -2.92. The largest absolute Gasteiger partial charge is 0.460 e. The summed E-state index contributed by atoms with van der Waals surface area (Å²) >= 11 is 0. The first-order chi connectivity index (χ1) is 18.2. The Kier molecular flexibility index (Phi) is 12.6. The van der Waals surface area contributed by atoms with Crippen molar-refractivity contribution in [3.8, 4) is 0 Å². The van der Waals surface area contributed by atoms with Crippen molar-refractivity contribution in [3.63, 3.8) is 0 Å². The van der Waals surface area contributed by atoms with E-state index in [2.05, 4.69) is 10.6 Å². The molecule has 0 bridgehead atoms. The second kappa shape index (κ2) is 14.7. The van der Waals surface area contributed by atoms with E-state index in [0.717, 1.165) is 5.56 Å². The van der Waals surface area contributed by atoms with Crippen LogP contribution in [0.4, 0.5) is 4.79 Å². The number of esters is 3. The van der Waals surface area contributed by atoms with Crippen LogP contribution in [0.5, 0.6) is 0 Å². The fourth-order valence-electron chi connectivity index (χ4n) is 3.19. The van der Waals surface area contributed by atoms with E-state index in [4.69, 9.17) is 18.9 Å². The molecule has 224 valence electrons. The van der Waals surface area contributed by atoms with Gasteiger partial charge in [0.25, 0.3) is 0 Å². The molecule has 1 aromatic carbocycles. The Morgan fingerprint density at radius 3 is 1.70 bits per heavy atom. The number of hydrogen-bond donors (Lipinski definition) is 2. The van der Waals surface area contributed by atoms with Crippen molar-refractivity contribution in [2.45, 2.75) is 117 Å². The van der Waals surface area contributed by atoms with Crippen molar-refractivity contribution in [2.24, 2.45) is 0 Å². The normalized spacial score (nSPS) is 13.3. The van der Waals surface area contributed by atoms with E-state index in [1.165, 1.54) is 0 Å². The van der Waals surface area contributed by atoms with Crippen molar-refractivity contribution >= 4 is 29.9 Å². The van der Waals surface area contributed by atoms with E-state index in [-0.39, 0.29) is 19.4 Å². The Labute approximate surface area is 236 Å². The number of amides is 2. The summed E-state index contributed by atoms with van der Waals surface area (Å²) in [7, 11) is 0. The van der Waals surface area contributed by atoms with Crippen molar-refractivity contribution in [3.05, 3.63) is 35.9 Å². The van der Waals surface area contributed by atoms with Gasteiger partial charge in [0.05, 0.1) is 6.42 Å². The lowest BCUT2D eigenvalue weighted by atomic mass is 10.1. The topological polar surface area (TPSA) is 146 Å². The first kappa shape index (κ1) is 34.4. The lowest BCUT2D eigenvalue weighted by molar-refractivity contribution is -0.160. The number of nitrogens with one attached hydrogen (secondary N) is 2. The van der Waals surface area contributed by atoms with Crippen LogP contribution < -0.4 is 10.6 Å². The average molecular weight is 565 g/mol. The van der Waals surface area contributed by atoms with Crippen LogP contribution in [0.2, 0.25) is 0 Å². The van der Waals surface area contributed by atoms with Crippen LogP contribution in [0.25, 0.3) is 0 Å². The van der Waals surface area contributed by atoms with Gasteiger partial charge in [-0.3, -0.25) is 9.59 Å². The third kappa shape index (κ3) is 15.7. The molecule has 0 fully saturated rings. The minimum atomic E-state index is -1.41. The molecule has 0 heterocycles. The van der Waals surface area contributed by atoms with Crippen LogP contribution in [0.3, 0.4) is 0 Å². The fourth-order valence-corrected chi connectivity index (χ4v) is 3.19. The number of hydrogen-bond acceptors (Lipinski definition) is 9. The highest BCUT2D eigenvalue weighted by atomic mass is 16.6. The van der Waals surface area contributed by atoms with E-state index in [9.17, 15) is 24.0 Å². The van der Waals surface area contributed by atoms with E-state index >= 15 is 0 Å². The maximum absolute atomic E-state index is 13.0. The molecule has 2 N–H and O–H groups in total. The molecule has 0 aliphatic heterocycles. The average Bonchev–Trinajstić information content (AvgIpc) is 2.77. The standard InChI is InChI=1S/C29H44N2O9/c1-27(2,3)38-23(33)16-15-20(24(34)39-28(4,5)6)30-22(32)17-21(25(35)40-29(7,8)9)31-26(36)37-18-19-13-11-10-12-14-19/h10-14,20-21H,15-18H2,1-9H3,(H,30,32)(H,31,36)/t20-,21+/m0/s1. The molecule has 2 atom stereocenters. The second-order valence-corrected chi connectivity index (χ2v) is 12.3. The summed E-state index contributed by atoms with van der Waals surface area (Å²) in [6.45, 7) is 15.0. The third-order valence-corrected chi connectivity index (χ3v) is 4.67. The van der Waals surface area contributed by atoms with Gasteiger partial charge in [-0.2, -0.15) is 0 Å². The van der Waals surface area contributed by atoms with Gasteiger partial charge in [0.2, 0.25) is 5.91 Å². The lowest BCUT2D eigenvalue weighted by Crippen LogP contribution is -2.50. The van der Waals surface area contributed by atoms with E-state index in [1.807, 2.05) is 6.07 Å². The highest BCUT2D eigenvalue weighted by molar-refractivity contribution is 5.90. The van der Waals surface area contributed by atoms with Crippen molar-refractivity contribution in [1.29, 1.82) is 0 Å². The van der Waals surface area contributed by atoms with Gasteiger partial charge in [-0.05, 0) is 74.3 Å². The number of benzene rings is 1. The molecule has 1 aromatic rings. The zero-order valence-electron chi connectivity index (χ0n) is 25.0. The first-order valence-corrected chi connectivity index (χ1v) is 13.2. The van der Waals surface area contributed by atoms with Crippen molar-refractivity contribution in [1.82, 2.24) is 10.6 Å². The Morgan fingerprint density at radius 1 is 0.700 bits per heavy atom. The molecule has 0 saturated carbocycles. The highest BCUT2D eigenvalue weighted by Gasteiger charge is 2.33. The molecule has 0 radical (unpaired) electrons. The van der Waals surface area contributed by atoms with Gasteiger partial charge in [0.1, 0.15) is 35.5 Å². The summed E-state index contributed by atoms with van der Waals surface area (Å²) in [5, 5.41) is 4.89. The Bertz CT molecular complexity index is 1020. The SMILES string of the molecule is CC(C)(C)OC(=O)CC[C@H](NC(=O)C[C@@H](NC(=O)OCc1ccccc1)C(=O)OC(C)(C)C)C(=O)OC(C)(C)C. The summed E-state index contributed by atoms with van der Waals surface area (Å²) in [4.78, 5) is 63.4. The van der Waals surface area contributed by atoms with Gasteiger partial charge in [-0.25, -0.2) is 14.4 Å². The first-order valence-electron chi connectivity index (χ1n) is 13.2. The maximum atomic E-state index is 13.0. The predicted octanol–water partition coefficient (Wildman–Crippen LogP) is 3.96. The van der Waals surface area contributed by atoms with E-state index in [0.29, 0.717) is 0 Å². The van der Waals surface area contributed by atoms with E-state index in [1.54, 1.807) is 86.6 Å². The summed E-state index contributed by atoms with van der Waals surface area (Å²) < 4.78 is 21.2. The van der Waals surface area contributed by atoms with Crippen LogP contribution in [0.15, 0.2) is 30.3 Å². The van der Waals surface area contributed by atoms with Crippen LogP contribution in [-0.2, 0) is 44.7 Å². The van der Waals surface area contributed by atoms with Crippen LogP contribution in [0, 0.1) is 0 Å². The van der Waals surface area contributed by atoms with Gasteiger partial charge in [-0.15, -0.1) is 0 Å². The Morgan fingerprint density at radius 2 is 1.20 bits per heavy atom. The predicted molar refractivity (Wildman–Crippen MR) is 147 cm³/mol. The molecule has 0 spiro atoms. The van der Waals surface area contributed by atoms with Gasteiger partial charge < -0.3 is 29.6 Å². The maximum Gasteiger partial charge on any atom is 0.408 e. The fraction of sp³-hybridized carbons (Fsp3) is 0.621. The molecule has 0 aromatic heterocycles. The van der Waals surface area contributed by atoms with Crippen molar-refractivity contribution in [2.75, 3.05) is 0 Å². The van der Waals surface area contributed by atoms with Gasteiger partial charge in [-0.1, -0.05) is 30.3 Å². The summed E-state index contributed by atoms with van der Waals surface area (Å²) in [5.41, 5.74) is -1.74. The quantitative estimate of drug-likeness (QED) is 0.301. The molecule has 1 rings (SSSR count). The van der Waals surface area contributed by atoms with Gasteiger partial charge in [0.15, 0.2) is 0 Å². The monoisotopic (exact) mass is 564 g/mol. The highest BCUT2D eigenvalue weighted by Crippen LogP contribution is 2.15. The Hall–Kier alpha value is -3.63. The lowest BCUT2D eigenvalue weighted by Gasteiger charge is -2.26. The zero-order chi connectivity index (χ0) is 30.7. The number of ether oxygens (including phenoxy) is 4. The molecule has 11 nitrogen and oxygen atoms in total. The molecular weight excluding hydrogens is 520 g/mol. The summed E-state index contributed by atoms with van der Waals surface area (Å²) in [6.07, 6.45) is -1.75. The second-order valence-electron chi connectivity index (χ2n) is 12.3. The molecule has 0 aliphatic carbocycles. The molecule has 0 aliphatic rings. The van der Waals surface area contributed by atoms with E-state index < -0.39 is 65.2 Å². The minimum Gasteiger partial charge on any atom is -0.460 e. The smallest absolute Gasteiger partial charge is 0.408 e. The molecule has 40 heavy (non-hydrogen) atoms. The molecular formula is C29H44N2O9. The Balaban J connectivity index is 2.98. The van der Waals surface area contributed by atoms with Crippen LogP contribution >= 0.6 is 0 Å². The number of carbonyl (C=O) groups excluding carboxylic acids is 5. The van der Waals surface area contributed by atoms with Gasteiger partial charge >= 0.3 is 24.0 Å². The van der Waals surface area contributed by atoms with Gasteiger partial charge in [0, 0.05) is 6.42 Å². The number of rotatable bonds is 11. The molecule has 0 unspecified atom stereocenters. The third-order valence-electron chi connectivity index (χ3n) is 4.67. The van der Waals surface area contributed by atoms with Crippen LogP contribution in [0.1, 0.15) is 87.1 Å². The van der Waals surface area contributed by atoms with Crippen LogP contribution in [-0.4, -0.2) is 58.8 Å².